The predicted octanol–water partition coefficient (Wildman–Crippen LogP) is 3.42. The summed E-state index contributed by atoms with van der Waals surface area (Å²) in [6.07, 6.45) is 0. The Kier molecular flexibility index (Phi) is 4.18. The van der Waals surface area contributed by atoms with E-state index >= 15 is 0 Å². The van der Waals surface area contributed by atoms with Crippen molar-refractivity contribution in [1.82, 2.24) is 4.98 Å². The van der Waals surface area contributed by atoms with Gasteiger partial charge in [-0.25, -0.2) is 19.4 Å². The highest BCUT2D eigenvalue weighted by molar-refractivity contribution is 6.16. The lowest BCUT2D eigenvalue weighted by Gasteiger charge is -2.10. The van der Waals surface area contributed by atoms with E-state index in [-0.39, 0.29) is 22.6 Å². The zero-order valence-corrected chi connectivity index (χ0v) is 15.7. The quantitative estimate of drug-likeness (QED) is 0.405. The Morgan fingerprint density at radius 3 is 2.42 bits per heavy atom. The number of para-hydroxylation sites is 2. The monoisotopic (exact) mass is 412 g/mol. The van der Waals surface area contributed by atoms with Crippen molar-refractivity contribution in [3.8, 4) is 11.5 Å². The molecule has 0 radical (unpaired) electrons. The average molecular weight is 412 g/mol. The third kappa shape index (κ3) is 3.16. The highest BCUT2D eigenvalue weighted by Gasteiger charge is 2.30. The molecule has 0 aliphatic carbocycles. The molecule has 2 heterocycles. The maximum Gasteiger partial charge on any atom is 0.347 e. The number of aromatic nitrogens is 1. The number of esters is 2. The van der Waals surface area contributed by atoms with Crippen molar-refractivity contribution in [1.29, 1.82) is 0 Å². The SMILES string of the molecule is O=C(Nc1ccccc1-c1nc2ccccc2c(=O)o1)c1ccc2c(c1)C(=O)OC2=O. The lowest BCUT2D eigenvalue weighted by molar-refractivity contribution is 0.0443. The molecule has 1 N–H and O–H groups in total. The molecule has 0 bridgehead atoms. The first-order valence-corrected chi connectivity index (χ1v) is 9.22. The third-order valence-electron chi connectivity index (χ3n) is 4.85. The Bertz CT molecular complexity index is 1470. The van der Waals surface area contributed by atoms with Crippen molar-refractivity contribution in [3.05, 3.63) is 93.8 Å². The van der Waals surface area contributed by atoms with E-state index in [0.29, 0.717) is 22.2 Å². The van der Waals surface area contributed by atoms with Crippen LogP contribution in [0.5, 0.6) is 0 Å². The van der Waals surface area contributed by atoms with E-state index in [1.54, 1.807) is 48.5 Å². The van der Waals surface area contributed by atoms with Crippen LogP contribution < -0.4 is 10.9 Å². The Hall–Kier alpha value is -4.59. The number of cyclic esters (lactones) is 2. The van der Waals surface area contributed by atoms with E-state index < -0.39 is 23.5 Å². The highest BCUT2D eigenvalue weighted by atomic mass is 16.6. The van der Waals surface area contributed by atoms with Gasteiger partial charge < -0.3 is 14.5 Å². The first-order chi connectivity index (χ1) is 15.0. The van der Waals surface area contributed by atoms with E-state index in [2.05, 4.69) is 15.0 Å². The van der Waals surface area contributed by atoms with Crippen molar-refractivity contribution in [2.45, 2.75) is 0 Å². The molecule has 1 aliphatic heterocycles. The van der Waals surface area contributed by atoms with Crippen molar-refractivity contribution >= 4 is 34.4 Å². The van der Waals surface area contributed by atoms with Crippen LogP contribution in [0, 0.1) is 0 Å². The minimum Gasteiger partial charge on any atom is -0.403 e. The van der Waals surface area contributed by atoms with Crippen LogP contribution in [0.4, 0.5) is 5.69 Å². The molecule has 0 saturated heterocycles. The van der Waals surface area contributed by atoms with Crippen LogP contribution in [0.15, 0.2) is 75.9 Å². The normalized spacial score (nSPS) is 12.5. The summed E-state index contributed by atoms with van der Waals surface area (Å²) in [4.78, 5) is 52.9. The molecule has 0 spiro atoms. The number of nitrogens with one attached hydrogen (secondary N) is 1. The van der Waals surface area contributed by atoms with Gasteiger partial charge in [-0.3, -0.25) is 4.79 Å². The summed E-state index contributed by atoms with van der Waals surface area (Å²) in [5.41, 5.74) is 1.01. The van der Waals surface area contributed by atoms with Crippen molar-refractivity contribution in [2.75, 3.05) is 5.32 Å². The minimum atomic E-state index is -0.794. The molecular weight excluding hydrogens is 400 g/mol. The summed E-state index contributed by atoms with van der Waals surface area (Å²) in [7, 11) is 0. The highest BCUT2D eigenvalue weighted by Crippen LogP contribution is 2.28. The van der Waals surface area contributed by atoms with Gasteiger partial charge in [0.05, 0.1) is 33.3 Å². The maximum atomic E-state index is 12.8. The zero-order valence-electron chi connectivity index (χ0n) is 15.7. The van der Waals surface area contributed by atoms with Crippen LogP contribution in [-0.2, 0) is 4.74 Å². The van der Waals surface area contributed by atoms with Crippen LogP contribution >= 0.6 is 0 Å². The molecule has 1 amide bonds. The van der Waals surface area contributed by atoms with Crippen LogP contribution in [0.1, 0.15) is 31.1 Å². The van der Waals surface area contributed by atoms with Crippen LogP contribution in [0.3, 0.4) is 0 Å². The number of carbonyl (C=O) groups excluding carboxylic acids is 3. The fraction of sp³-hybridized carbons (Fsp3) is 0. The molecule has 5 rings (SSSR count). The molecule has 1 aliphatic rings. The van der Waals surface area contributed by atoms with Crippen molar-refractivity contribution in [2.24, 2.45) is 0 Å². The Morgan fingerprint density at radius 2 is 1.55 bits per heavy atom. The maximum absolute atomic E-state index is 12.8. The molecule has 8 heteroatoms. The van der Waals surface area contributed by atoms with Gasteiger partial charge in [-0.15, -0.1) is 0 Å². The number of hydrogen-bond acceptors (Lipinski definition) is 7. The van der Waals surface area contributed by atoms with E-state index in [0.717, 1.165) is 0 Å². The van der Waals surface area contributed by atoms with Crippen LogP contribution in [0.25, 0.3) is 22.4 Å². The molecule has 3 aromatic carbocycles. The second-order valence-electron chi connectivity index (χ2n) is 6.76. The Morgan fingerprint density at radius 1 is 0.806 bits per heavy atom. The first kappa shape index (κ1) is 18.4. The molecule has 4 aromatic rings. The summed E-state index contributed by atoms with van der Waals surface area (Å²) in [6, 6.07) is 17.6. The summed E-state index contributed by atoms with van der Waals surface area (Å²) in [6.45, 7) is 0. The molecule has 31 heavy (non-hydrogen) atoms. The number of anilines is 1. The summed E-state index contributed by atoms with van der Waals surface area (Å²) < 4.78 is 9.92. The van der Waals surface area contributed by atoms with Gasteiger partial charge in [0.2, 0.25) is 5.89 Å². The first-order valence-electron chi connectivity index (χ1n) is 9.22. The number of amides is 1. The van der Waals surface area contributed by atoms with Gasteiger partial charge in [0.15, 0.2) is 0 Å². The number of rotatable bonds is 3. The summed E-state index contributed by atoms with van der Waals surface area (Å²) >= 11 is 0. The number of nitrogens with zero attached hydrogens (tertiary/aromatic N) is 1. The van der Waals surface area contributed by atoms with Crippen molar-refractivity contribution < 1.29 is 23.5 Å². The van der Waals surface area contributed by atoms with Gasteiger partial charge in [-0.1, -0.05) is 24.3 Å². The fourth-order valence-electron chi connectivity index (χ4n) is 3.33. The van der Waals surface area contributed by atoms with Gasteiger partial charge >= 0.3 is 17.6 Å². The number of ether oxygens (including phenoxy) is 1. The van der Waals surface area contributed by atoms with Gasteiger partial charge in [-0.2, -0.15) is 0 Å². The lowest BCUT2D eigenvalue weighted by atomic mass is 10.0. The predicted molar refractivity (Wildman–Crippen MR) is 110 cm³/mol. The van der Waals surface area contributed by atoms with E-state index in [9.17, 15) is 19.2 Å². The molecule has 0 saturated carbocycles. The zero-order chi connectivity index (χ0) is 21.5. The van der Waals surface area contributed by atoms with Gasteiger partial charge in [0.25, 0.3) is 5.91 Å². The molecular formula is C23H12N2O6. The second kappa shape index (κ2) is 7.03. The number of fused-ring (bicyclic) bond motifs is 2. The van der Waals surface area contributed by atoms with E-state index in [1.807, 2.05) is 0 Å². The topological polar surface area (TPSA) is 116 Å². The van der Waals surface area contributed by atoms with Crippen LogP contribution in [0.2, 0.25) is 0 Å². The summed E-state index contributed by atoms with van der Waals surface area (Å²) in [5.74, 6) is -2.00. The molecule has 1 aromatic heterocycles. The molecule has 0 fully saturated rings. The van der Waals surface area contributed by atoms with Crippen LogP contribution in [-0.4, -0.2) is 22.8 Å². The minimum absolute atomic E-state index is 0.0353. The van der Waals surface area contributed by atoms with Crippen molar-refractivity contribution in [3.63, 3.8) is 0 Å². The Labute approximate surface area is 174 Å². The summed E-state index contributed by atoms with van der Waals surface area (Å²) in [5, 5.41) is 3.09. The molecule has 150 valence electrons. The number of carbonyl (C=O) groups is 3. The lowest BCUT2D eigenvalue weighted by Crippen LogP contribution is -2.14. The smallest absolute Gasteiger partial charge is 0.347 e. The van der Waals surface area contributed by atoms with E-state index in [1.165, 1.54) is 18.2 Å². The van der Waals surface area contributed by atoms with Gasteiger partial charge in [-0.05, 0) is 42.5 Å². The average Bonchev–Trinajstić information content (AvgIpc) is 3.07. The molecule has 0 atom stereocenters. The molecule has 8 nitrogen and oxygen atoms in total. The van der Waals surface area contributed by atoms with Gasteiger partial charge in [0, 0.05) is 5.56 Å². The fourth-order valence-corrected chi connectivity index (χ4v) is 3.33. The largest absolute Gasteiger partial charge is 0.403 e. The number of benzene rings is 3. The Balaban J connectivity index is 1.52. The second-order valence-corrected chi connectivity index (χ2v) is 6.76. The van der Waals surface area contributed by atoms with Gasteiger partial charge in [0.1, 0.15) is 0 Å². The standard InChI is InChI=1S/C23H12N2O6/c26-19(12-9-10-13-16(11-12)23(29)31-21(13)27)24-17-7-3-1-5-14(17)20-25-18-8-4-2-6-15(18)22(28)30-20/h1-11H,(H,24,26). The molecule has 0 unspecified atom stereocenters. The number of hydrogen-bond donors (Lipinski definition) is 1. The van der Waals surface area contributed by atoms with E-state index in [4.69, 9.17) is 4.42 Å². The third-order valence-corrected chi connectivity index (χ3v) is 4.85.